The summed E-state index contributed by atoms with van der Waals surface area (Å²) in [5.41, 5.74) is 1.76. The summed E-state index contributed by atoms with van der Waals surface area (Å²) in [5.74, 6) is -0.933. The normalized spacial score (nSPS) is 10.2. The van der Waals surface area contributed by atoms with Gasteiger partial charge in [0.2, 0.25) is 0 Å². The Morgan fingerprint density at radius 3 is 2.73 bits per heavy atom. The largest absolute Gasteiger partial charge is 0.478 e. The van der Waals surface area contributed by atoms with E-state index in [9.17, 15) is 4.79 Å². The molecule has 0 radical (unpaired) electrons. The van der Waals surface area contributed by atoms with Gasteiger partial charge in [0.15, 0.2) is 0 Å². The molecule has 1 heterocycles. The molecule has 2 rings (SSSR count). The van der Waals surface area contributed by atoms with E-state index in [4.69, 9.17) is 5.11 Å². The van der Waals surface area contributed by atoms with Crippen LogP contribution in [0.2, 0.25) is 0 Å². The van der Waals surface area contributed by atoms with Crippen LogP contribution >= 0.6 is 0 Å². The van der Waals surface area contributed by atoms with Crippen LogP contribution in [0, 0.1) is 6.92 Å². The van der Waals surface area contributed by atoms with E-state index in [-0.39, 0.29) is 5.56 Å². The van der Waals surface area contributed by atoms with Crippen molar-refractivity contribution in [3.8, 4) is 5.69 Å². The Bertz CT molecular complexity index is 503. The van der Waals surface area contributed by atoms with Gasteiger partial charge in [0.25, 0.3) is 0 Å². The number of para-hydroxylation sites is 1. The van der Waals surface area contributed by atoms with Crippen molar-refractivity contribution in [2.45, 2.75) is 6.92 Å². The van der Waals surface area contributed by atoms with Gasteiger partial charge in [-0.05, 0) is 19.1 Å². The second kappa shape index (κ2) is 3.57. The molecule has 0 spiro atoms. The van der Waals surface area contributed by atoms with Gasteiger partial charge in [-0.3, -0.25) is 0 Å². The number of nitrogens with zero attached hydrogens (tertiary/aromatic N) is 2. The number of carbonyl (C=O) groups is 1. The highest BCUT2D eigenvalue weighted by atomic mass is 16.4. The van der Waals surface area contributed by atoms with Crippen LogP contribution in [0.15, 0.2) is 36.8 Å². The fraction of sp³-hybridized carbons (Fsp3) is 0.0909. The molecule has 0 unspecified atom stereocenters. The van der Waals surface area contributed by atoms with E-state index < -0.39 is 5.97 Å². The van der Waals surface area contributed by atoms with Crippen LogP contribution < -0.4 is 0 Å². The molecule has 0 aliphatic rings. The lowest BCUT2D eigenvalue weighted by molar-refractivity contribution is 0.0697. The standard InChI is InChI=1S/C11H10N2O2/c1-8-6-13(7-12-8)10-5-3-2-4-9(10)11(14)15/h2-7H,1H3,(H,14,15). The van der Waals surface area contributed by atoms with Crippen molar-refractivity contribution in [3.63, 3.8) is 0 Å². The summed E-state index contributed by atoms with van der Waals surface area (Å²) in [6, 6.07) is 6.84. The van der Waals surface area contributed by atoms with Gasteiger partial charge in [-0.1, -0.05) is 12.1 Å². The second-order valence-corrected chi connectivity index (χ2v) is 3.24. The Hall–Kier alpha value is -2.10. The Morgan fingerprint density at radius 1 is 1.40 bits per heavy atom. The number of imidazole rings is 1. The number of aryl methyl sites for hydroxylation is 1. The first-order valence-electron chi connectivity index (χ1n) is 4.52. The molecule has 0 saturated carbocycles. The monoisotopic (exact) mass is 202 g/mol. The Morgan fingerprint density at radius 2 is 2.13 bits per heavy atom. The van der Waals surface area contributed by atoms with Crippen LogP contribution in [0.4, 0.5) is 0 Å². The molecule has 0 amide bonds. The van der Waals surface area contributed by atoms with Gasteiger partial charge in [0.1, 0.15) is 0 Å². The van der Waals surface area contributed by atoms with Gasteiger partial charge < -0.3 is 9.67 Å². The van der Waals surface area contributed by atoms with E-state index in [0.29, 0.717) is 5.69 Å². The first kappa shape index (κ1) is 9.45. The number of hydrogen-bond acceptors (Lipinski definition) is 2. The minimum Gasteiger partial charge on any atom is -0.478 e. The second-order valence-electron chi connectivity index (χ2n) is 3.24. The number of carboxylic acid groups (broad SMARTS) is 1. The van der Waals surface area contributed by atoms with Gasteiger partial charge in [-0.25, -0.2) is 9.78 Å². The highest BCUT2D eigenvalue weighted by Gasteiger charge is 2.10. The summed E-state index contributed by atoms with van der Waals surface area (Å²) >= 11 is 0. The predicted octanol–water partition coefficient (Wildman–Crippen LogP) is 1.88. The highest BCUT2D eigenvalue weighted by molar-refractivity contribution is 5.91. The molecule has 76 valence electrons. The topological polar surface area (TPSA) is 55.1 Å². The smallest absolute Gasteiger partial charge is 0.337 e. The third kappa shape index (κ3) is 1.74. The number of carboxylic acids is 1. The molecule has 15 heavy (non-hydrogen) atoms. The Balaban J connectivity index is 2.57. The molecule has 0 aliphatic carbocycles. The first-order chi connectivity index (χ1) is 7.18. The maximum atomic E-state index is 11.0. The fourth-order valence-electron chi connectivity index (χ4n) is 1.43. The van der Waals surface area contributed by atoms with Crippen molar-refractivity contribution in [2.24, 2.45) is 0 Å². The van der Waals surface area contributed by atoms with Gasteiger partial charge in [0.05, 0.1) is 23.3 Å². The maximum Gasteiger partial charge on any atom is 0.337 e. The Kier molecular flexibility index (Phi) is 2.25. The maximum absolute atomic E-state index is 11.0. The fourth-order valence-corrected chi connectivity index (χ4v) is 1.43. The molecular formula is C11H10N2O2. The van der Waals surface area contributed by atoms with Crippen molar-refractivity contribution in [2.75, 3.05) is 0 Å². The number of aromatic nitrogens is 2. The molecule has 0 saturated heterocycles. The number of benzene rings is 1. The van der Waals surface area contributed by atoms with Crippen LogP contribution in [0.1, 0.15) is 16.1 Å². The van der Waals surface area contributed by atoms with Crippen LogP contribution in [0.3, 0.4) is 0 Å². The van der Waals surface area contributed by atoms with Gasteiger partial charge >= 0.3 is 5.97 Å². The lowest BCUT2D eigenvalue weighted by atomic mass is 10.2. The third-order valence-electron chi connectivity index (χ3n) is 2.12. The van der Waals surface area contributed by atoms with Crippen LogP contribution in [0.25, 0.3) is 5.69 Å². The first-order valence-corrected chi connectivity index (χ1v) is 4.52. The molecule has 2 aromatic rings. The molecule has 1 aromatic heterocycles. The average Bonchev–Trinajstić information content (AvgIpc) is 2.65. The van der Waals surface area contributed by atoms with Gasteiger partial charge in [-0.2, -0.15) is 0 Å². The number of rotatable bonds is 2. The lowest BCUT2D eigenvalue weighted by Crippen LogP contribution is -2.03. The summed E-state index contributed by atoms with van der Waals surface area (Å²) in [7, 11) is 0. The van der Waals surface area contributed by atoms with Crippen LogP contribution in [-0.4, -0.2) is 20.6 Å². The van der Waals surface area contributed by atoms with E-state index in [1.54, 1.807) is 41.4 Å². The van der Waals surface area contributed by atoms with E-state index >= 15 is 0 Å². The summed E-state index contributed by atoms with van der Waals surface area (Å²) < 4.78 is 1.71. The minimum atomic E-state index is -0.933. The Labute approximate surface area is 86.8 Å². The zero-order chi connectivity index (χ0) is 10.8. The molecule has 0 fully saturated rings. The average molecular weight is 202 g/mol. The van der Waals surface area contributed by atoms with Crippen molar-refractivity contribution in [1.82, 2.24) is 9.55 Å². The van der Waals surface area contributed by atoms with Gasteiger partial charge in [0, 0.05) is 6.20 Å². The molecule has 4 nitrogen and oxygen atoms in total. The third-order valence-corrected chi connectivity index (χ3v) is 2.12. The highest BCUT2D eigenvalue weighted by Crippen LogP contribution is 2.14. The molecule has 0 bridgehead atoms. The van der Waals surface area contributed by atoms with Crippen molar-refractivity contribution in [3.05, 3.63) is 48.0 Å². The molecule has 4 heteroatoms. The van der Waals surface area contributed by atoms with Crippen molar-refractivity contribution in [1.29, 1.82) is 0 Å². The van der Waals surface area contributed by atoms with Crippen molar-refractivity contribution < 1.29 is 9.90 Å². The molecular weight excluding hydrogens is 192 g/mol. The van der Waals surface area contributed by atoms with Gasteiger partial charge in [-0.15, -0.1) is 0 Å². The van der Waals surface area contributed by atoms with E-state index in [0.717, 1.165) is 5.69 Å². The molecule has 1 N–H and O–H groups in total. The summed E-state index contributed by atoms with van der Waals surface area (Å²) in [4.78, 5) is 15.0. The minimum absolute atomic E-state index is 0.273. The number of aromatic carboxylic acids is 1. The molecule has 0 aliphatic heterocycles. The zero-order valence-electron chi connectivity index (χ0n) is 8.21. The quantitative estimate of drug-likeness (QED) is 0.808. The van der Waals surface area contributed by atoms with E-state index in [1.807, 2.05) is 6.92 Å². The summed E-state index contributed by atoms with van der Waals surface area (Å²) in [5, 5.41) is 9.00. The van der Waals surface area contributed by atoms with Crippen LogP contribution in [0.5, 0.6) is 0 Å². The summed E-state index contributed by atoms with van der Waals surface area (Å²) in [6.07, 6.45) is 3.40. The summed E-state index contributed by atoms with van der Waals surface area (Å²) in [6.45, 7) is 1.86. The van der Waals surface area contributed by atoms with Crippen LogP contribution in [-0.2, 0) is 0 Å². The van der Waals surface area contributed by atoms with E-state index in [2.05, 4.69) is 4.98 Å². The zero-order valence-corrected chi connectivity index (χ0v) is 8.21. The molecule has 1 aromatic carbocycles. The number of hydrogen-bond donors (Lipinski definition) is 1. The van der Waals surface area contributed by atoms with E-state index in [1.165, 1.54) is 0 Å². The predicted molar refractivity (Wildman–Crippen MR) is 55.3 cm³/mol. The lowest BCUT2D eigenvalue weighted by Gasteiger charge is -2.05. The SMILES string of the molecule is Cc1cn(-c2ccccc2C(=O)O)cn1. The molecule has 0 atom stereocenters. The van der Waals surface area contributed by atoms with Crippen molar-refractivity contribution >= 4 is 5.97 Å².